The molecule has 1 saturated carbocycles. The summed E-state index contributed by atoms with van der Waals surface area (Å²) in [5.41, 5.74) is 3.34. The molecule has 4 nitrogen and oxygen atoms in total. The van der Waals surface area contributed by atoms with Crippen molar-refractivity contribution in [1.29, 1.82) is 0 Å². The number of rotatable bonds is 5. The second-order valence-corrected chi connectivity index (χ2v) is 5.84. The first-order valence-corrected chi connectivity index (χ1v) is 7.53. The number of aliphatic hydroxyl groups excluding tert-OH is 1. The van der Waals surface area contributed by atoms with Crippen LogP contribution in [0.1, 0.15) is 30.7 Å². The van der Waals surface area contributed by atoms with Crippen LogP contribution in [0.15, 0.2) is 24.4 Å². The van der Waals surface area contributed by atoms with Crippen LogP contribution in [0.3, 0.4) is 0 Å². The van der Waals surface area contributed by atoms with Crippen molar-refractivity contribution in [3.63, 3.8) is 0 Å². The van der Waals surface area contributed by atoms with Gasteiger partial charge >= 0.3 is 0 Å². The Balaban J connectivity index is 1.64. The first kappa shape index (κ1) is 13.6. The van der Waals surface area contributed by atoms with Crippen LogP contribution < -0.4 is 5.32 Å². The van der Waals surface area contributed by atoms with Gasteiger partial charge in [-0.3, -0.25) is 0 Å². The second kappa shape index (κ2) is 5.94. The van der Waals surface area contributed by atoms with E-state index in [2.05, 4.69) is 27.8 Å². The maximum atomic E-state index is 9.36. The Kier molecular flexibility index (Phi) is 4.03. The molecular formula is C16H23N3O. The highest BCUT2D eigenvalue weighted by Crippen LogP contribution is 2.30. The van der Waals surface area contributed by atoms with E-state index in [1.807, 2.05) is 18.2 Å². The Labute approximate surface area is 119 Å². The summed E-state index contributed by atoms with van der Waals surface area (Å²) in [7, 11) is 0. The normalized spacial score (nSPS) is 22.7. The van der Waals surface area contributed by atoms with Crippen molar-refractivity contribution in [2.24, 2.45) is 11.8 Å². The minimum atomic E-state index is 0.334. The molecule has 0 radical (unpaired) electrons. The highest BCUT2D eigenvalue weighted by molar-refractivity contribution is 5.42. The molecule has 1 aliphatic rings. The van der Waals surface area contributed by atoms with Crippen LogP contribution in [0.2, 0.25) is 0 Å². The van der Waals surface area contributed by atoms with Crippen molar-refractivity contribution in [2.75, 3.05) is 13.2 Å². The molecule has 0 saturated heterocycles. The van der Waals surface area contributed by atoms with E-state index in [0.717, 1.165) is 24.4 Å². The van der Waals surface area contributed by atoms with Crippen LogP contribution in [0.4, 0.5) is 0 Å². The smallest absolute Gasteiger partial charge is 0.137 e. The van der Waals surface area contributed by atoms with Crippen molar-refractivity contribution >= 4 is 5.65 Å². The van der Waals surface area contributed by atoms with Gasteiger partial charge in [0, 0.05) is 19.3 Å². The Hall–Kier alpha value is -1.39. The average Bonchev–Trinajstić information content (AvgIpc) is 3.03. The van der Waals surface area contributed by atoms with E-state index in [0.29, 0.717) is 18.4 Å². The lowest BCUT2D eigenvalue weighted by molar-refractivity contribution is 0.192. The number of aromatic nitrogens is 2. The minimum Gasteiger partial charge on any atom is -0.396 e. The zero-order chi connectivity index (χ0) is 13.9. The van der Waals surface area contributed by atoms with E-state index in [9.17, 15) is 5.11 Å². The molecule has 2 atom stereocenters. The number of nitrogens with zero attached hydrogens (tertiary/aromatic N) is 2. The molecule has 2 heterocycles. The van der Waals surface area contributed by atoms with Crippen LogP contribution in [0.25, 0.3) is 5.65 Å². The fourth-order valence-electron chi connectivity index (χ4n) is 3.38. The van der Waals surface area contributed by atoms with Gasteiger partial charge in [0.1, 0.15) is 5.65 Å². The van der Waals surface area contributed by atoms with E-state index in [4.69, 9.17) is 0 Å². The molecule has 1 fully saturated rings. The summed E-state index contributed by atoms with van der Waals surface area (Å²) >= 11 is 0. The third kappa shape index (κ3) is 2.58. The largest absolute Gasteiger partial charge is 0.396 e. The van der Waals surface area contributed by atoms with Gasteiger partial charge in [0.2, 0.25) is 0 Å². The van der Waals surface area contributed by atoms with Gasteiger partial charge in [0.05, 0.1) is 11.4 Å². The highest BCUT2D eigenvalue weighted by atomic mass is 16.3. The van der Waals surface area contributed by atoms with Gasteiger partial charge in [-0.25, -0.2) is 4.98 Å². The van der Waals surface area contributed by atoms with Crippen molar-refractivity contribution < 1.29 is 5.11 Å². The monoisotopic (exact) mass is 273 g/mol. The standard InChI is InChI=1S/C16H23N3O/c1-12-15(19-8-3-2-7-16(19)18-12)10-17-9-13-5-4-6-14(13)11-20/h2-3,7-8,13-14,17,20H,4-6,9-11H2,1H3. The van der Waals surface area contributed by atoms with E-state index < -0.39 is 0 Å². The fourth-order valence-corrected chi connectivity index (χ4v) is 3.38. The summed E-state index contributed by atoms with van der Waals surface area (Å²) in [5.74, 6) is 1.12. The molecule has 0 aromatic carbocycles. The number of imidazole rings is 1. The van der Waals surface area contributed by atoms with Gasteiger partial charge in [-0.05, 0) is 50.3 Å². The van der Waals surface area contributed by atoms with Crippen LogP contribution in [0.5, 0.6) is 0 Å². The topological polar surface area (TPSA) is 49.6 Å². The van der Waals surface area contributed by atoms with Crippen molar-refractivity contribution in [1.82, 2.24) is 14.7 Å². The molecule has 2 N–H and O–H groups in total. The Morgan fingerprint density at radius 2 is 2.20 bits per heavy atom. The van der Waals surface area contributed by atoms with Gasteiger partial charge in [-0.1, -0.05) is 12.5 Å². The summed E-state index contributed by atoms with van der Waals surface area (Å²) in [6.07, 6.45) is 5.74. The number of aliphatic hydroxyl groups is 1. The van der Waals surface area contributed by atoms with Gasteiger partial charge in [-0.2, -0.15) is 0 Å². The zero-order valence-electron chi connectivity index (χ0n) is 12.0. The number of hydrogen-bond donors (Lipinski definition) is 2. The first-order chi connectivity index (χ1) is 9.79. The van der Waals surface area contributed by atoms with Crippen LogP contribution in [-0.2, 0) is 6.54 Å². The third-order valence-electron chi connectivity index (χ3n) is 4.58. The van der Waals surface area contributed by atoms with E-state index in [1.54, 1.807) is 0 Å². The van der Waals surface area contributed by atoms with Crippen LogP contribution >= 0.6 is 0 Å². The Morgan fingerprint density at radius 3 is 3.05 bits per heavy atom. The summed E-state index contributed by atoms with van der Waals surface area (Å²) < 4.78 is 2.15. The van der Waals surface area contributed by atoms with E-state index in [-0.39, 0.29) is 0 Å². The SMILES string of the molecule is Cc1nc2ccccn2c1CNCC1CCCC1CO. The second-order valence-electron chi connectivity index (χ2n) is 5.84. The molecule has 20 heavy (non-hydrogen) atoms. The Morgan fingerprint density at radius 1 is 1.35 bits per heavy atom. The van der Waals surface area contributed by atoms with Crippen molar-refractivity contribution in [3.05, 3.63) is 35.8 Å². The Bertz CT molecular complexity index is 578. The van der Waals surface area contributed by atoms with Gasteiger partial charge in [0.15, 0.2) is 0 Å². The lowest BCUT2D eigenvalue weighted by atomic mass is 9.97. The minimum absolute atomic E-state index is 0.334. The van der Waals surface area contributed by atoms with Gasteiger partial charge in [-0.15, -0.1) is 0 Å². The summed E-state index contributed by atoms with van der Waals surface area (Å²) in [5, 5.41) is 12.9. The summed E-state index contributed by atoms with van der Waals surface area (Å²) in [4.78, 5) is 4.58. The molecule has 3 rings (SSSR count). The summed E-state index contributed by atoms with van der Waals surface area (Å²) in [6, 6.07) is 6.09. The number of pyridine rings is 1. The molecule has 0 spiro atoms. The lowest BCUT2D eigenvalue weighted by Crippen LogP contribution is -2.27. The maximum Gasteiger partial charge on any atom is 0.137 e. The number of aryl methyl sites for hydroxylation is 1. The van der Waals surface area contributed by atoms with Crippen LogP contribution in [0, 0.1) is 18.8 Å². The molecule has 108 valence electrons. The predicted molar refractivity (Wildman–Crippen MR) is 79.6 cm³/mol. The quantitative estimate of drug-likeness (QED) is 0.877. The fraction of sp³-hybridized carbons (Fsp3) is 0.562. The van der Waals surface area contributed by atoms with Crippen molar-refractivity contribution in [2.45, 2.75) is 32.7 Å². The number of nitrogens with one attached hydrogen (secondary N) is 1. The molecule has 2 aromatic heterocycles. The molecule has 0 bridgehead atoms. The molecule has 2 aromatic rings. The molecule has 2 unspecified atom stereocenters. The van der Waals surface area contributed by atoms with E-state index in [1.165, 1.54) is 25.0 Å². The summed E-state index contributed by atoms with van der Waals surface area (Å²) in [6.45, 7) is 4.23. The van der Waals surface area contributed by atoms with Gasteiger partial charge in [0.25, 0.3) is 0 Å². The third-order valence-corrected chi connectivity index (χ3v) is 4.58. The molecule has 4 heteroatoms. The average molecular weight is 273 g/mol. The number of fused-ring (bicyclic) bond motifs is 1. The first-order valence-electron chi connectivity index (χ1n) is 7.53. The van der Waals surface area contributed by atoms with Crippen LogP contribution in [-0.4, -0.2) is 27.6 Å². The number of hydrogen-bond acceptors (Lipinski definition) is 3. The lowest BCUT2D eigenvalue weighted by Gasteiger charge is -2.17. The predicted octanol–water partition coefficient (Wildman–Crippen LogP) is 2.14. The van der Waals surface area contributed by atoms with E-state index >= 15 is 0 Å². The van der Waals surface area contributed by atoms with Crippen molar-refractivity contribution in [3.8, 4) is 0 Å². The maximum absolute atomic E-state index is 9.36. The molecular weight excluding hydrogens is 250 g/mol. The van der Waals surface area contributed by atoms with Gasteiger partial charge < -0.3 is 14.8 Å². The highest BCUT2D eigenvalue weighted by Gasteiger charge is 2.26. The molecule has 0 amide bonds. The molecule has 1 aliphatic carbocycles. The zero-order valence-corrected chi connectivity index (χ0v) is 12.0. The molecule has 0 aliphatic heterocycles.